The molecule has 2 nitrogen and oxygen atoms in total. The van der Waals surface area contributed by atoms with Gasteiger partial charge in [0.2, 0.25) is 0 Å². The number of ether oxygens (including phenoxy) is 2. The predicted molar refractivity (Wildman–Crippen MR) is 51.9 cm³/mol. The van der Waals surface area contributed by atoms with Crippen molar-refractivity contribution in [2.45, 2.75) is 40.5 Å². The topological polar surface area (TPSA) is 18.5 Å². The molecule has 0 spiro atoms. The molecule has 0 aliphatic heterocycles. The summed E-state index contributed by atoms with van der Waals surface area (Å²) in [6.45, 7) is 0. The molecule has 0 amide bonds. The van der Waals surface area contributed by atoms with E-state index in [9.17, 15) is 65.9 Å². The lowest BCUT2D eigenvalue weighted by Gasteiger charge is -2.38. The standard InChI is InChI=1S/C7F15IO2/c8-1(2(9,10)11,24-7(21,22)4(15,16)23)5(17,18)25-6(19,20)3(12,13)14. The smallest absolute Gasteiger partial charge is 0.262 e. The molecule has 0 aliphatic rings. The first kappa shape index (κ1) is 24.6. The fourth-order valence-corrected chi connectivity index (χ4v) is 0.911. The van der Waals surface area contributed by atoms with E-state index >= 15 is 0 Å². The van der Waals surface area contributed by atoms with Crippen molar-refractivity contribution < 1.29 is 75.3 Å². The van der Waals surface area contributed by atoms with Crippen LogP contribution in [0.1, 0.15) is 0 Å². The van der Waals surface area contributed by atoms with Gasteiger partial charge in [-0.3, -0.25) is 4.74 Å². The van der Waals surface area contributed by atoms with Gasteiger partial charge in [0.25, 0.3) is 0 Å². The summed E-state index contributed by atoms with van der Waals surface area (Å²) in [5, 5.41) is 0. The highest BCUT2D eigenvalue weighted by molar-refractivity contribution is 14.1. The third-order valence-electron chi connectivity index (χ3n) is 1.92. The predicted octanol–water partition coefficient (Wildman–Crippen LogP) is 5.62. The summed E-state index contributed by atoms with van der Waals surface area (Å²) in [6.07, 6.45) is -36.2. The number of rotatable bonds is 6. The van der Waals surface area contributed by atoms with Gasteiger partial charge in [0.05, 0.1) is 0 Å². The third-order valence-corrected chi connectivity index (χ3v) is 2.55. The fraction of sp³-hybridized carbons (Fsp3) is 1.00. The second kappa shape index (κ2) is 6.34. The first-order valence-electron chi connectivity index (χ1n) is 4.84. The maximum Gasteiger partial charge on any atom is 0.483 e. The Labute approximate surface area is 139 Å². The largest absolute Gasteiger partial charge is 0.483 e. The Hall–Kier alpha value is -0.400. The summed E-state index contributed by atoms with van der Waals surface area (Å²) in [5.41, 5.74) is 0. The second-order valence-corrected chi connectivity index (χ2v) is 5.20. The van der Waals surface area contributed by atoms with Crippen LogP contribution in [-0.4, -0.2) is 40.5 Å². The molecule has 0 saturated carbocycles. The van der Waals surface area contributed by atoms with Crippen molar-refractivity contribution in [3.63, 3.8) is 0 Å². The summed E-state index contributed by atoms with van der Waals surface area (Å²) < 4.78 is 182. The Morgan fingerprint density at radius 3 is 1.04 bits per heavy atom. The molecule has 25 heavy (non-hydrogen) atoms. The van der Waals surface area contributed by atoms with Crippen LogP contribution in [0.2, 0.25) is 0 Å². The van der Waals surface area contributed by atoms with Crippen molar-refractivity contribution in [1.82, 2.24) is 0 Å². The van der Waals surface area contributed by atoms with E-state index < -0.39 is 63.1 Å². The average molecular weight is 528 g/mol. The fourth-order valence-electron chi connectivity index (χ4n) is 0.801. The molecule has 0 aromatic heterocycles. The molecule has 0 N–H and O–H groups in total. The molecular formula is C7F15IO2. The van der Waals surface area contributed by atoms with Gasteiger partial charge in [0.15, 0.2) is 0 Å². The molecule has 0 saturated heterocycles. The van der Waals surface area contributed by atoms with E-state index in [4.69, 9.17) is 0 Å². The molecule has 1 unspecified atom stereocenters. The van der Waals surface area contributed by atoms with Crippen LogP contribution >= 0.6 is 22.6 Å². The van der Waals surface area contributed by atoms with Gasteiger partial charge >= 0.3 is 40.5 Å². The number of alkyl halides is 16. The Morgan fingerprint density at radius 1 is 0.440 bits per heavy atom. The minimum Gasteiger partial charge on any atom is -0.262 e. The summed E-state index contributed by atoms with van der Waals surface area (Å²) >= 11 is -0.699. The van der Waals surface area contributed by atoms with Gasteiger partial charge in [-0.05, 0) is 0 Å². The SMILES string of the molecule is FC(F)(F)C(F)(F)OC(F)(F)C(F)(OC(F)(F)C(F)(F)I)C(F)(F)F. The zero-order chi connectivity index (χ0) is 20.9. The van der Waals surface area contributed by atoms with Gasteiger partial charge in [-0.1, -0.05) is 0 Å². The van der Waals surface area contributed by atoms with E-state index in [1.165, 1.54) is 4.74 Å². The molecular weight excluding hydrogens is 528 g/mol. The number of hydrogen-bond acceptors (Lipinski definition) is 2. The minimum atomic E-state index is -7.55. The first-order chi connectivity index (χ1) is 10.4. The van der Waals surface area contributed by atoms with E-state index in [-0.39, 0.29) is 0 Å². The van der Waals surface area contributed by atoms with Gasteiger partial charge in [-0.25, -0.2) is 4.74 Å². The Balaban J connectivity index is 6.13. The van der Waals surface area contributed by atoms with Crippen LogP contribution < -0.4 is 0 Å². The molecule has 0 aliphatic carbocycles. The molecule has 0 aromatic carbocycles. The second-order valence-electron chi connectivity index (χ2n) is 3.84. The Kier molecular flexibility index (Phi) is 6.24. The third kappa shape index (κ3) is 4.86. The van der Waals surface area contributed by atoms with E-state index in [2.05, 4.69) is 0 Å². The monoisotopic (exact) mass is 528 g/mol. The maximum atomic E-state index is 13.3. The molecule has 0 aromatic rings. The van der Waals surface area contributed by atoms with Crippen molar-refractivity contribution in [3.8, 4) is 0 Å². The molecule has 0 fully saturated rings. The zero-order valence-electron chi connectivity index (χ0n) is 10.4. The lowest BCUT2D eigenvalue weighted by atomic mass is 10.2. The van der Waals surface area contributed by atoms with E-state index in [1.807, 2.05) is 0 Å². The lowest BCUT2D eigenvalue weighted by Crippen LogP contribution is -2.64. The van der Waals surface area contributed by atoms with E-state index in [1.54, 1.807) is 4.74 Å². The first-order valence-corrected chi connectivity index (χ1v) is 5.92. The highest BCUT2D eigenvalue weighted by Crippen LogP contribution is 2.55. The van der Waals surface area contributed by atoms with E-state index in [0.29, 0.717) is 0 Å². The van der Waals surface area contributed by atoms with Crippen molar-refractivity contribution in [1.29, 1.82) is 0 Å². The average Bonchev–Trinajstić information content (AvgIpc) is 2.21. The summed E-state index contributed by atoms with van der Waals surface area (Å²) in [6, 6.07) is 0. The summed E-state index contributed by atoms with van der Waals surface area (Å²) in [5.74, 6) is -7.52. The van der Waals surface area contributed by atoms with Gasteiger partial charge in [0, 0.05) is 22.6 Å². The number of halogens is 16. The van der Waals surface area contributed by atoms with Crippen LogP contribution in [0.5, 0.6) is 0 Å². The highest BCUT2D eigenvalue weighted by Gasteiger charge is 2.82. The molecule has 18 heteroatoms. The zero-order valence-corrected chi connectivity index (χ0v) is 12.5. The number of hydrogen-bond donors (Lipinski definition) is 0. The van der Waals surface area contributed by atoms with E-state index in [0.717, 1.165) is 0 Å². The van der Waals surface area contributed by atoms with Crippen LogP contribution in [0.15, 0.2) is 0 Å². The normalized spacial score (nSPS) is 18.2. The lowest BCUT2D eigenvalue weighted by molar-refractivity contribution is -0.550. The summed E-state index contributed by atoms with van der Waals surface area (Å²) in [4.78, 5) is 0. The molecule has 0 radical (unpaired) electrons. The van der Waals surface area contributed by atoms with Crippen LogP contribution in [0.3, 0.4) is 0 Å². The van der Waals surface area contributed by atoms with Crippen LogP contribution in [0.25, 0.3) is 0 Å². The van der Waals surface area contributed by atoms with Gasteiger partial charge in [-0.15, -0.1) is 0 Å². The molecule has 0 heterocycles. The van der Waals surface area contributed by atoms with Crippen LogP contribution in [0.4, 0.5) is 65.9 Å². The van der Waals surface area contributed by atoms with Crippen molar-refractivity contribution >= 4 is 22.6 Å². The molecule has 0 rings (SSSR count). The molecule has 0 bridgehead atoms. The summed E-state index contributed by atoms with van der Waals surface area (Å²) in [7, 11) is 0. The highest BCUT2D eigenvalue weighted by atomic mass is 127. The minimum absolute atomic E-state index is 0.699. The van der Waals surface area contributed by atoms with Crippen LogP contribution in [-0.2, 0) is 9.47 Å². The quantitative estimate of drug-likeness (QED) is 0.254. The molecule has 152 valence electrons. The molecule has 1 atom stereocenters. The maximum absolute atomic E-state index is 13.3. The van der Waals surface area contributed by atoms with Crippen molar-refractivity contribution in [2.75, 3.05) is 0 Å². The van der Waals surface area contributed by atoms with Crippen molar-refractivity contribution in [3.05, 3.63) is 0 Å². The Bertz CT molecular complexity index is 476. The van der Waals surface area contributed by atoms with Gasteiger partial charge in [-0.2, -0.15) is 65.9 Å². The van der Waals surface area contributed by atoms with Gasteiger partial charge < -0.3 is 0 Å². The van der Waals surface area contributed by atoms with Gasteiger partial charge in [0.1, 0.15) is 0 Å². The van der Waals surface area contributed by atoms with Crippen molar-refractivity contribution in [2.24, 2.45) is 0 Å². The van der Waals surface area contributed by atoms with Crippen LogP contribution in [0, 0.1) is 0 Å². The Morgan fingerprint density at radius 2 is 0.800 bits per heavy atom.